The third-order valence-corrected chi connectivity index (χ3v) is 7.94. The second-order valence-electron chi connectivity index (χ2n) is 7.16. The zero-order valence-corrected chi connectivity index (χ0v) is 21.0. The predicted molar refractivity (Wildman–Crippen MR) is 132 cm³/mol. The van der Waals surface area contributed by atoms with Gasteiger partial charge >= 0.3 is 5.97 Å². The van der Waals surface area contributed by atoms with Crippen molar-refractivity contribution < 1.29 is 19.1 Å². The maximum absolute atomic E-state index is 13.1. The molecule has 0 radical (unpaired) electrons. The molecule has 32 heavy (non-hydrogen) atoms. The van der Waals surface area contributed by atoms with Crippen LogP contribution in [0.3, 0.4) is 0 Å². The van der Waals surface area contributed by atoms with Gasteiger partial charge in [-0.15, -0.1) is 22.7 Å². The number of ether oxygens (including phenoxy) is 1. The second kappa shape index (κ2) is 10.0. The zero-order valence-electron chi connectivity index (χ0n) is 18.6. The molecule has 0 aliphatic carbocycles. The molecule has 0 atom stereocenters. The van der Waals surface area contributed by atoms with E-state index in [4.69, 9.17) is 16.3 Å². The fourth-order valence-corrected chi connectivity index (χ4v) is 6.06. The van der Waals surface area contributed by atoms with Crippen LogP contribution in [0.5, 0.6) is 0 Å². The van der Waals surface area contributed by atoms with Crippen molar-refractivity contribution in [1.29, 1.82) is 0 Å². The van der Waals surface area contributed by atoms with Gasteiger partial charge in [-0.05, 0) is 51.8 Å². The largest absolute Gasteiger partial charge is 0.462 e. The standard InChI is InChI=1S/C23H25ClN2O4S2/c1-6-26(7-2)22(28)18-13(5)16(23(29)30-8-3)21(32-18)25-20(27)19-17(24)14-10-9-12(4)11-15(14)31-19/h9-11H,6-8H2,1-5H3,(H,25,27). The summed E-state index contributed by atoms with van der Waals surface area (Å²) in [6, 6.07) is 5.80. The average Bonchev–Trinajstić information content (AvgIpc) is 3.25. The molecule has 3 rings (SSSR count). The van der Waals surface area contributed by atoms with Gasteiger partial charge in [-0.3, -0.25) is 9.59 Å². The van der Waals surface area contributed by atoms with E-state index >= 15 is 0 Å². The molecule has 0 bridgehead atoms. The molecule has 0 unspecified atom stereocenters. The number of amides is 2. The summed E-state index contributed by atoms with van der Waals surface area (Å²) in [7, 11) is 0. The predicted octanol–water partition coefficient (Wildman–Crippen LogP) is 6.14. The Labute approximate surface area is 200 Å². The Morgan fingerprint density at radius 1 is 1.06 bits per heavy atom. The first kappa shape index (κ1) is 24.2. The van der Waals surface area contributed by atoms with E-state index in [1.54, 1.807) is 18.7 Å². The highest BCUT2D eigenvalue weighted by atomic mass is 35.5. The first-order chi connectivity index (χ1) is 15.2. The van der Waals surface area contributed by atoms with E-state index in [2.05, 4.69) is 5.32 Å². The molecule has 0 aliphatic rings. The van der Waals surface area contributed by atoms with E-state index in [1.165, 1.54) is 11.3 Å². The molecule has 2 heterocycles. The van der Waals surface area contributed by atoms with Gasteiger partial charge < -0.3 is 15.0 Å². The van der Waals surface area contributed by atoms with E-state index in [1.807, 2.05) is 39.0 Å². The number of fused-ring (bicyclic) bond motifs is 1. The van der Waals surface area contributed by atoms with Gasteiger partial charge in [0.15, 0.2) is 0 Å². The van der Waals surface area contributed by atoms with Crippen LogP contribution in [0.1, 0.15) is 61.6 Å². The fraction of sp³-hybridized carbons (Fsp3) is 0.348. The maximum atomic E-state index is 13.1. The van der Waals surface area contributed by atoms with E-state index in [0.29, 0.717) is 33.4 Å². The Kier molecular flexibility index (Phi) is 7.59. The van der Waals surface area contributed by atoms with E-state index in [0.717, 1.165) is 27.0 Å². The number of anilines is 1. The van der Waals surface area contributed by atoms with Crippen molar-refractivity contribution in [1.82, 2.24) is 4.90 Å². The Bertz CT molecular complexity index is 1190. The highest BCUT2D eigenvalue weighted by Crippen LogP contribution is 2.39. The molecule has 2 aromatic heterocycles. The third kappa shape index (κ3) is 4.53. The number of benzene rings is 1. The van der Waals surface area contributed by atoms with Crippen molar-refractivity contribution in [2.45, 2.75) is 34.6 Å². The van der Waals surface area contributed by atoms with E-state index in [-0.39, 0.29) is 23.1 Å². The highest BCUT2D eigenvalue weighted by molar-refractivity contribution is 7.22. The summed E-state index contributed by atoms with van der Waals surface area (Å²) >= 11 is 8.86. The Balaban J connectivity index is 2.03. The van der Waals surface area contributed by atoms with Crippen LogP contribution >= 0.6 is 34.3 Å². The fourth-order valence-electron chi connectivity index (χ4n) is 3.39. The van der Waals surface area contributed by atoms with Gasteiger partial charge in [-0.25, -0.2) is 4.79 Å². The third-order valence-electron chi connectivity index (χ3n) is 5.09. The van der Waals surface area contributed by atoms with Crippen molar-refractivity contribution >= 4 is 67.1 Å². The van der Waals surface area contributed by atoms with Crippen LogP contribution in [0.25, 0.3) is 10.1 Å². The second-order valence-corrected chi connectivity index (χ2v) is 9.61. The Hall–Kier alpha value is -2.42. The van der Waals surface area contributed by atoms with Gasteiger partial charge in [-0.1, -0.05) is 23.7 Å². The van der Waals surface area contributed by atoms with E-state index in [9.17, 15) is 14.4 Å². The first-order valence-corrected chi connectivity index (χ1v) is 12.3. The highest BCUT2D eigenvalue weighted by Gasteiger charge is 2.29. The van der Waals surface area contributed by atoms with Crippen LogP contribution < -0.4 is 5.32 Å². The Morgan fingerprint density at radius 2 is 1.75 bits per heavy atom. The summed E-state index contributed by atoms with van der Waals surface area (Å²) < 4.78 is 6.10. The molecule has 0 fully saturated rings. The number of hydrogen-bond donors (Lipinski definition) is 1. The molecule has 6 nitrogen and oxygen atoms in total. The molecular weight excluding hydrogens is 468 g/mol. The summed E-state index contributed by atoms with van der Waals surface area (Å²) in [4.78, 5) is 41.2. The lowest BCUT2D eigenvalue weighted by Crippen LogP contribution is -2.30. The SMILES string of the molecule is CCOC(=O)c1c(NC(=O)c2sc3cc(C)ccc3c2Cl)sc(C(=O)N(CC)CC)c1C. The molecule has 3 aromatic rings. The van der Waals surface area contributed by atoms with Crippen LogP contribution in [-0.2, 0) is 4.74 Å². The number of nitrogens with zero attached hydrogens (tertiary/aromatic N) is 1. The number of hydrogen-bond acceptors (Lipinski definition) is 6. The number of carbonyl (C=O) groups excluding carboxylic acids is 3. The van der Waals surface area contributed by atoms with Crippen LogP contribution in [0.15, 0.2) is 18.2 Å². The maximum Gasteiger partial charge on any atom is 0.341 e. The number of esters is 1. The number of nitrogens with one attached hydrogen (secondary N) is 1. The minimum absolute atomic E-state index is 0.182. The minimum atomic E-state index is -0.576. The number of halogens is 1. The first-order valence-electron chi connectivity index (χ1n) is 10.3. The topological polar surface area (TPSA) is 75.7 Å². The van der Waals surface area contributed by atoms with Crippen LogP contribution in [0, 0.1) is 13.8 Å². The molecule has 9 heteroatoms. The molecule has 0 spiro atoms. The molecule has 0 saturated heterocycles. The molecule has 170 valence electrons. The van der Waals surface area contributed by atoms with Crippen LogP contribution in [-0.4, -0.2) is 42.4 Å². The molecule has 1 N–H and O–H groups in total. The normalized spacial score (nSPS) is 10.9. The molecule has 1 aromatic carbocycles. The summed E-state index contributed by atoms with van der Waals surface area (Å²) in [5.41, 5.74) is 1.77. The zero-order chi connectivity index (χ0) is 23.6. The molecule has 0 aliphatic heterocycles. The van der Waals surface area contributed by atoms with Gasteiger partial charge in [0.1, 0.15) is 9.88 Å². The lowest BCUT2D eigenvalue weighted by molar-refractivity contribution is 0.0527. The lowest BCUT2D eigenvalue weighted by atomic mass is 10.1. The van der Waals surface area contributed by atoms with Gasteiger partial charge in [0, 0.05) is 23.2 Å². The summed E-state index contributed by atoms with van der Waals surface area (Å²) in [5.74, 6) is -1.19. The van der Waals surface area contributed by atoms with E-state index < -0.39 is 11.9 Å². The molecule has 2 amide bonds. The summed E-state index contributed by atoms with van der Waals surface area (Å²) in [6.45, 7) is 10.4. The number of rotatable bonds is 7. The smallest absolute Gasteiger partial charge is 0.341 e. The van der Waals surface area contributed by atoms with Gasteiger partial charge in [0.25, 0.3) is 11.8 Å². The monoisotopic (exact) mass is 492 g/mol. The quantitative estimate of drug-likeness (QED) is 0.401. The van der Waals surface area contributed by atoms with Gasteiger partial charge in [-0.2, -0.15) is 0 Å². The van der Waals surface area contributed by atoms with Crippen molar-refractivity contribution in [2.24, 2.45) is 0 Å². The number of carbonyl (C=O) groups is 3. The van der Waals surface area contributed by atoms with Gasteiger partial charge in [0.2, 0.25) is 0 Å². The molecule has 0 saturated carbocycles. The number of aryl methyl sites for hydroxylation is 1. The van der Waals surface area contributed by atoms with Crippen LogP contribution in [0.2, 0.25) is 5.02 Å². The molecular formula is C23H25ClN2O4S2. The van der Waals surface area contributed by atoms with Crippen molar-refractivity contribution in [2.75, 3.05) is 25.0 Å². The van der Waals surface area contributed by atoms with Crippen molar-refractivity contribution in [3.63, 3.8) is 0 Å². The Morgan fingerprint density at radius 3 is 2.38 bits per heavy atom. The minimum Gasteiger partial charge on any atom is -0.462 e. The average molecular weight is 493 g/mol. The summed E-state index contributed by atoms with van der Waals surface area (Å²) in [5, 5.41) is 4.26. The van der Waals surface area contributed by atoms with Crippen molar-refractivity contribution in [3.8, 4) is 0 Å². The summed E-state index contributed by atoms with van der Waals surface area (Å²) in [6.07, 6.45) is 0. The lowest BCUT2D eigenvalue weighted by Gasteiger charge is -2.18. The van der Waals surface area contributed by atoms with Crippen molar-refractivity contribution in [3.05, 3.63) is 49.7 Å². The van der Waals surface area contributed by atoms with Crippen LogP contribution in [0.4, 0.5) is 5.00 Å². The van der Waals surface area contributed by atoms with Gasteiger partial charge in [0.05, 0.1) is 22.1 Å². The number of thiophene rings is 2.